The van der Waals surface area contributed by atoms with Crippen LogP contribution in [0.3, 0.4) is 0 Å². The maximum absolute atomic E-state index is 11.8. The molecule has 0 atom stereocenters. The van der Waals surface area contributed by atoms with E-state index < -0.39 is 12.7 Å². The molecule has 0 bridgehead atoms. The molecule has 84 valence electrons. The third kappa shape index (κ3) is 4.16. The third-order valence-electron chi connectivity index (χ3n) is 1.73. The summed E-state index contributed by atoms with van der Waals surface area (Å²) >= 11 is 0. The number of hydrogen-bond donors (Lipinski definition) is 1. The molecule has 0 saturated carbocycles. The zero-order chi connectivity index (χ0) is 11.3. The van der Waals surface area contributed by atoms with Gasteiger partial charge in [0.1, 0.15) is 5.75 Å². The average Bonchev–Trinajstić information content (AvgIpc) is 2.16. The number of halogens is 3. The quantitative estimate of drug-likeness (QED) is 0.839. The number of ether oxygens (including phenoxy) is 1. The summed E-state index contributed by atoms with van der Waals surface area (Å²) in [6.07, 6.45) is -1.22. The van der Waals surface area contributed by atoms with Crippen molar-refractivity contribution < 1.29 is 17.9 Å². The first-order chi connectivity index (χ1) is 7.03. The summed E-state index contributed by atoms with van der Waals surface area (Å²) in [5.74, 6) is 0.479. The van der Waals surface area contributed by atoms with Crippen LogP contribution in [0.1, 0.15) is 5.56 Å². The lowest BCUT2D eigenvalue weighted by Crippen LogP contribution is -2.28. The number of aromatic nitrogens is 1. The first-order valence-electron chi connectivity index (χ1n) is 4.27. The molecular formula is C9H11F3N2O. The van der Waals surface area contributed by atoms with Crippen molar-refractivity contribution in [3.05, 3.63) is 24.0 Å². The number of pyridine rings is 1. The Morgan fingerprint density at radius 3 is 2.80 bits per heavy atom. The summed E-state index contributed by atoms with van der Waals surface area (Å²) in [7, 11) is 1.45. The fourth-order valence-electron chi connectivity index (χ4n) is 1.08. The lowest BCUT2D eigenvalue weighted by molar-refractivity contribution is -0.125. The molecule has 0 radical (unpaired) electrons. The van der Waals surface area contributed by atoms with E-state index in [-0.39, 0.29) is 6.54 Å². The highest BCUT2D eigenvalue weighted by molar-refractivity contribution is 5.29. The first kappa shape index (κ1) is 11.8. The van der Waals surface area contributed by atoms with Crippen molar-refractivity contribution in [1.29, 1.82) is 0 Å². The largest absolute Gasteiger partial charge is 0.495 e. The van der Waals surface area contributed by atoms with Gasteiger partial charge in [-0.05, 0) is 6.07 Å². The molecule has 0 aliphatic heterocycles. The number of nitrogens with zero attached hydrogens (tertiary/aromatic N) is 1. The smallest absolute Gasteiger partial charge is 0.401 e. The monoisotopic (exact) mass is 220 g/mol. The van der Waals surface area contributed by atoms with Gasteiger partial charge in [0.05, 0.1) is 19.9 Å². The minimum absolute atomic E-state index is 0.102. The van der Waals surface area contributed by atoms with Gasteiger partial charge in [-0.3, -0.25) is 4.98 Å². The number of nitrogens with one attached hydrogen (secondary N) is 1. The van der Waals surface area contributed by atoms with E-state index in [9.17, 15) is 13.2 Å². The molecule has 6 heteroatoms. The van der Waals surface area contributed by atoms with E-state index in [2.05, 4.69) is 10.3 Å². The molecule has 3 nitrogen and oxygen atoms in total. The highest BCUT2D eigenvalue weighted by atomic mass is 19.4. The van der Waals surface area contributed by atoms with Crippen molar-refractivity contribution in [3.8, 4) is 5.75 Å². The van der Waals surface area contributed by atoms with Crippen molar-refractivity contribution in [3.63, 3.8) is 0 Å². The van der Waals surface area contributed by atoms with Gasteiger partial charge in [0.25, 0.3) is 0 Å². The van der Waals surface area contributed by atoms with Crippen LogP contribution in [0.2, 0.25) is 0 Å². The molecule has 0 aliphatic rings. The van der Waals surface area contributed by atoms with E-state index in [0.717, 1.165) is 0 Å². The molecule has 0 unspecified atom stereocenters. The van der Waals surface area contributed by atoms with Crippen LogP contribution < -0.4 is 10.1 Å². The zero-order valence-corrected chi connectivity index (χ0v) is 8.14. The Bertz CT molecular complexity index is 314. The van der Waals surface area contributed by atoms with Crippen molar-refractivity contribution >= 4 is 0 Å². The molecule has 15 heavy (non-hydrogen) atoms. The summed E-state index contributed by atoms with van der Waals surface area (Å²) in [4.78, 5) is 3.80. The molecule has 0 amide bonds. The fraction of sp³-hybridized carbons (Fsp3) is 0.444. The standard InChI is InChI=1S/C9H11F3N2O/c1-15-8-5-13-3-2-7(8)4-14-6-9(10,11)12/h2-3,5,14H,4,6H2,1H3. The number of rotatable bonds is 4. The molecule has 1 rings (SSSR count). The molecular weight excluding hydrogens is 209 g/mol. The van der Waals surface area contributed by atoms with Gasteiger partial charge < -0.3 is 10.1 Å². The molecule has 0 spiro atoms. The Kier molecular flexibility index (Phi) is 3.90. The third-order valence-corrected chi connectivity index (χ3v) is 1.73. The minimum Gasteiger partial charge on any atom is -0.495 e. The second-order valence-corrected chi connectivity index (χ2v) is 2.91. The first-order valence-corrected chi connectivity index (χ1v) is 4.27. The van der Waals surface area contributed by atoms with Crippen LogP contribution in [-0.4, -0.2) is 24.8 Å². The normalized spacial score (nSPS) is 11.5. The molecule has 0 saturated heterocycles. The van der Waals surface area contributed by atoms with Gasteiger partial charge in [-0.1, -0.05) is 0 Å². The van der Waals surface area contributed by atoms with Crippen LogP contribution in [0.5, 0.6) is 5.75 Å². The number of alkyl halides is 3. The maximum Gasteiger partial charge on any atom is 0.401 e. The zero-order valence-electron chi connectivity index (χ0n) is 8.14. The Labute approximate surface area is 85.3 Å². The second kappa shape index (κ2) is 4.97. The predicted octanol–water partition coefficient (Wildman–Crippen LogP) is 1.74. The van der Waals surface area contributed by atoms with Crippen molar-refractivity contribution in [1.82, 2.24) is 10.3 Å². The Morgan fingerprint density at radius 1 is 1.47 bits per heavy atom. The molecule has 1 N–H and O–H groups in total. The highest BCUT2D eigenvalue weighted by Gasteiger charge is 2.26. The van der Waals surface area contributed by atoms with Crippen LogP contribution in [0, 0.1) is 0 Å². The van der Waals surface area contributed by atoms with Gasteiger partial charge in [0.15, 0.2) is 0 Å². The van der Waals surface area contributed by atoms with Gasteiger partial charge in [-0.25, -0.2) is 0 Å². The fourth-order valence-corrected chi connectivity index (χ4v) is 1.08. The van der Waals surface area contributed by atoms with Crippen LogP contribution in [-0.2, 0) is 6.54 Å². The number of hydrogen-bond acceptors (Lipinski definition) is 3. The Hall–Kier alpha value is -1.30. The van der Waals surface area contributed by atoms with Crippen LogP contribution in [0.15, 0.2) is 18.5 Å². The van der Waals surface area contributed by atoms with Gasteiger partial charge in [-0.2, -0.15) is 13.2 Å². The lowest BCUT2D eigenvalue weighted by atomic mass is 10.2. The molecule has 0 aliphatic carbocycles. The van der Waals surface area contributed by atoms with Crippen LogP contribution in [0.4, 0.5) is 13.2 Å². The van der Waals surface area contributed by atoms with Crippen molar-refractivity contribution in [2.45, 2.75) is 12.7 Å². The van der Waals surface area contributed by atoms with Gasteiger partial charge in [0.2, 0.25) is 0 Å². The van der Waals surface area contributed by atoms with Crippen molar-refractivity contribution in [2.75, 3.05) is 13.7 Å². The summed E-state index contributed by atoms with van der Waals surface area (Å²) in [6.45, 7) is -0.913. The van der Waals surface area contributed by atoms with Crippen LogP contribution >= 0.6 is 0 Å². The SMILES string of the molecule is COc1cnccc1CNCC(F)(F)F. The van der Waals surface area contributed by atoms with Crippen molar-refractivity contribution in [2.24, 2.45) is 0 Å². The van der Waals surface area contributed by atoms with Gasteiger partial charge in [0, 0.05) is 18.3 Å². The number of methoxy groups -OCH3 is 1. The summed E-state index contributed by atoms with van der Waals surface area (Å²) in [6, 6.07) is 1.61. The summed E-state index contributed by atoms with van der Waals surface area (Å²) in [5.41, 5.74) is 0.650. The van der Waals surface area contributed by atoms with Crippen LogP contribution in [0.25, 0.3) is 0 Å². The van der Waals surface area contributed by atoms with Gasteiger partial charge >= 0.3 is 6.18 Å². The topological polar surface area (TPSA) is 34.1 Å². The molecule has 0 aromatic carbocycles. The average molecular weight is 220 g/mol. The lowest BCUT2D eigenvalue weighted by Gasteiger charge is -2.10. The molecule has 1 heterocycles. The summed E-state index contributed by atoms with van der Waals surface area (Å²) in [5, 5.41) is 2.28. The highest BCUT2D eigenvalue weighted by Crippen LogP contribution is 2.16. The van der Waals surface area contributed by atoms with E-state index >= 15 is 0 Å². The van der Waals surface area contributed by atoms with E-state index in [1.807, 2.05) is 0 Å². The second-order valence-electron chi connectivity index (χ2n) is 2.91. The maximum atomic E-state index is 11.8. The Morgan fingerprint density at radius 2 is 2.20 bits per heavy atom. The van der Waals surface area contributed by atoms with E-state index in [0.29, 0.717) is 11.3 Å². The molecule has 0 fully saturated rings. The molecule has 1 aromatic rings. The minimum atomic E-state index is -4.19. The molecule has 1 aromatic heterocycles. The van der Waals surface area contributed by atoms with E-state index in [1.165, 1.54) is 19.5 Å². The van der Waals surface area contributed by atoms with Gasteiger partial charge in [-0.15, -0.1) is 0 Å². The van der Waals surface area contributed by atoms with E-state index in [1.54, 1.807) is 6.07 Å². The van der Waals surface area contributed by atoms with E-state index in [4.69, 9.17) is 4.74 Å². The Balaban J connectivity index is 2.50. The predicted molar refractivity (Wildman–Crippen MR) is 48.6 cm³/mol. The summed E-state index contributed by atoms with van der Waals surface area (Å²) < 4.78 is 40.4.